The molecule has 4 amide bonds. The first-order valence-electron chi connectivity index (χ1n) is 12.5. The maximum absolute atomic E-state index is 14.5. The molecule has 1 saturated heterocycles. The lowest BCUT2D eigenvalue weighted by Gasteiger charge is -2.44. The number of carbonyl (C=O) groups is 3. The number of amides is 4. The first kappa shape index (κ1) is 25.7. The van der Waals surface area contributed by atoms with E-state index in [4.69, 9.17) is 9.47 Å². The molecule has 4 aromatic rings. The molecule has 0 aliphatic carbocycles. The van der Waals surface area contributed by atoms with E-state index < -0.39 is 23.3 Å². The monoisotopic (exact) mass is 520 g/mol. The van der Waals surface area contributed by atoms with Crippen LogP contribution in [-0.4, -0.2) is 37.0 Å². The molecule has 4 aromatic carbocycles. The van der Waals surface area contributed by atoms with Crippen LogP contribution in [0, 0.1) is 0 Å². The van der Waals surface area contributed by atoms with Crippen molar-refractivity contribution in [1.82, 2.24) is 4.90 Å². The standard InChI is InChI=1S/C32H28N2O5/c1-38-27-17-13-24(14-18-27)22-33-29(35)32(25-11-7-4-8-12-25,21-23-9-5-3-6-10-23)30(36)34(31(33)37)26-15-19-28(39-2)20-16-26/h3-20H,21-22H2,1-2H3. The topological polar surface area (TPSA) is 76.2 Å². The molecule has 1 aliphatic heterocycles. The van der Waals surface area contributed by atoms with Gasteiger partial charge in [0.05, 0.1) is 26.5 Å². The van der Waals surface area contributed by atoms with E-state index in [9.17, 15) is 14.4 Å². The third kappa shape index (κ3) is 4.75. The van der Waals surface area contributed by atoms with Gasteiger partial charge in [-0.2, -0.15) is 0 Å². The van der Waals surface area contributed by atoms with Gasteiger partial charge in [-0.25, -0.2) is 9.69 Å². The molecule has 0 spiro atoms. The lowest BCUT2D eigenvalue weighted by Crippen LogP contribution is -2.68. The van der Waals surface area contributed by atoms with Gasteiger partial charge in [0.2, 0.25) is 0 Å². The molecule has 0 bridgehead atoms. The maximum Gasteiger partial charge on any atom is 0.338 e. The lowest BCUT2D eigenvalue weighted by atomic mass is 9.71. The predicted octanol–water partition coefficient (Wildman–Crippen LogP) is 5.38. The average molecular weight is 521 g/mol. The van der Waals surface area contributed by atoms with Crippen molar-refractivity contribution in [2.75, 3.05) is 19.1 Å². The number of anilines is 1. The Labute approximate surface area is 227 Å². The van der Waals surface area contributed by atoms with E-state index in [0.29, 0.717) is 22.7 Å². The Morgan fingerprint density at radius 3 is 1.72 bits per heavy atom. The number of ether oxygens (including phenoxy) is 2. The summed E-state index contributed by atoms with van der Waals surface area (Å²) in [6, 6.07) is 31.4. The van der Waals surface area contributed by atoms with Gasteiger partial charge in [-0.1, -0.05) is 72.8 Å². The number of barbiturate groups is 1. The molecule has 1 atom stereocenters. The Kier molecular flexibility index (Phi) is 7.14. The predicted molar refractivity (Wildman–Crippen MR) is 148 cm³/mol. The van der Waals surface area contributed by atoms with Crippen LogP contribution < -0.4 is 14.4 Å². The summed E-state index contributed by atoms with van der Waals surface area (Å²) >= 11 is 0. The van der Waals surface area contributed by atoms with Crippen molar-refractivity contribution in [2.45, 2.75) is 18.4 Å². The molecule has 0 radical (unpaired) electrons. The van der Waals surface area contributed by atoms with E-state index in [2.05, 4.69) is 0 Å². The zero-order valence-electron chi connectivity index (χ0n) is 21.7. The van der Waals surface area contributed by atoms with Gasteiger partial charge in [-0.15, -0.1) is 0 Å². The quantitative estimate of drug-likeness (QED) is 0.292. The molecule has 5 rings (SSSR count). The molecule has 1 heterocycles. The van der Waals surface area contributed by atoms with Gasteiger partial charge in [0.1, 0.15) is 11.5 Å². The van der Waals surface area contributed by atoms with Crippen LogP contribution in [-0.2, 0) is 28.0 Å². The Balaban J connectivity index is 1.68. The fourth-order valence-corrected chi connectivity index (χ4v) is 4.94. The van der Waals surface area contributed by atoms with Crippen LogP contribution in [0.15, 0.2) is 109 Å². The molecule has 0 saturated carbocycles. The molecule has 1 unspecified atom stereocenters. The van der Waals surface area contributed by atoms with E-state index in [1.165, 1.54) is 4.90 Å². The molecule has 1 aliphatic rings. The zero-order chi connectivity index (χ0) is 27.4. The number of methoxy groups -OCH3 is 2. The number of imide groups is 2. The van der Waals surface area contributed by atoms with E-state index in [1.807, 2.05) is 36.4 Å². The molecule has 1 fully saturated rings. The fourth-order valence-electron chi connectivity index (χ4n) is 4.94. The van der Waals surface area contributed by atoms with Gasteiger partial charge in [-0.05, 0) is 59.5 Å². The number of rotatable bonds is 8. The molecular formula is C32H28N2O5. The second-order valence-electron chi connectivity index (χ2n) is 9.29. The van der Waals surface area contributed by atoms with Crippen LogP contribution in [0.2, 0.25) is 0 Å². The van der Waals surface area contributed by atoms with Gasteiger partial charge in [-0.3, -0.25) is 14.5 Å². The van der Waals surface area contributed by atoms with Gasteiger partial charge in [0.25, 0.3) is 11.8 Å². The van der Waals surface area contributed by atoms with E-state index >= 15 is 0 Å². The summed E-state index contributed by atoms with van der Waals surface area (Å²) in [5.74, 6) is 0.0880. The SMILES string of the molecule is COc1ccc(CN2C(=O)N(c3ccc(OC)cc3)C(=O)C(Cc3ccccc3)(c3ccccc3)C2=O)cc1. The van der Waals surface area contributed by atoms with Crippen molar-refractivity contribution >= 4 is 23.5 Å². The number of hydrogen-bond donors (Lipinski definition) is 0. The Morgan fingerprint density at radius 2 is 1.15 bits per heavy atom. The van der Waals surface area contributed by atoms with Crippen molar-refractivity contribution < 1.29 is 23.9 Å². The van der Waals surface area contributed by atoms with Gasteiger partial charge < -0.3 is 9.47 Å². The molecule has 7 heteroatoms. The van der Waals surface area contributed by atoms with Crippen LogP contribution in [0.3, 0.4) is 0 Å². The lowest BCUT2D eigenvalue weighted by molar-refractivity contribution is -0.144. The maximum atomic E-state index is 14.5. The van der Waals surface area contributed by atoms with E-state index in [1.54, 1.807) is 87.0 Å². The molecular weight excluding hydrogens is 492 g/mol. The Bertz CT molecular complexity index is 1470. The molecule has 39 heavy (non-hydrogen) atoms. The number of carbonyl (C=O) groups excluding carboxylic acids is 3. The minimum absolute atomic E-state index is 0.00896. The second kappa shape index (κ2) is 10.8. The fraction of sp³-hybridized carbons (Fsp3) is 0.156. The van der Waals surface area contributed by atoms with Crippen LogP contribution in [0.5, 0.6) is 11.5 Å². The number of benzene rings is 4. The van der Waals surface area contributed by atoms with E-state index in [-0.39, 0.29) is 13.0 Å². The summed E-state index contributed by atoms with van der Waals surface area (Å²) in [6.07, 6.45) is 0.0918. The largest absolute Gasteiger partial charge is 0.497 e. The third-order valence-electron chi connectivity index (χ3n) is 7.01. The molecule has 0 aromatic heterocycles. The van der Waals surface area contributed by atoms with Gasteiger partial charge in [0, 0.05) is 0 Å². The summed E-state index contributed by atoms with van der Waals surface area (Å²) in [5.41, 5.74) is 0.740. The first-order valence-corrected chi connectivity index (χ1v) is 12.5. The molecule has 196 valence electrons. The van der Waals surface area contributed by atoms with E-state index in [0.717, 1.165) is 16.0 Å². The first-order chi connectivity index (χ1) is 19.0. The number of urea groups is 1. The number of hydrogen-bond acceptors (Lipinski definition) is 5. The highest BCUT2D eigenvalue weighted by Crippen LogP contribution is 2.40. The Morgan fingerprint density at radius 1 is 0.615 bits per heavy atom. The van der Waals surface area contributed by atoms with Crippen molar-refractivity contribution in [3.8, 4) is 11.5 Å². The van der Waals surface area contributed by atoms with Crippen LogP contribution >= 0.6 is 0 Å². The zero-order valence-corrected chi connectivity index (χ0v) is 21.7. The number of nitrogens with zero attached hydrogens (tertiary/aromatic N) is 2. The van der Waals surface area contributed by atoms with Crippen molar-refractivity contribution in [3.63, 3.8) is 0 Å². The average Bonchev–Trinajstić information content (AvgIpc) is 2.99. The second-order valence-corrected chi connectivity index (χ2v) is 9.29. The highest BCUT2D eigenvalue weighted by atomic mass is 16.5. The van der Waals surface area contributed by atoms with Crippen molar-refractivity contribution in [2.24, 2.45) is 0 Å². The van der Waals surface area contributed by atoms with Crippen LogP contribution in [0.25, 0.3) is 0 Å². The smallest absolute Gasteiger partial charge is 0.338 e. The van der Waals surface area contributed by atoms with Gasteiger partial charge >= 0.3 is 6.03 Å². The minimum atomic E-state index is -1.66. The summed E-state index contributed by atoms with van der Waals surface area (Å²) in [6.45, 7) is -0.00896. The normalized spacial score (nSPS) is 17.3. The minimum Gasteiger partial charge on any atom is -0.497 e. The summed E-state index contributed by atoms with van der Waals surface area (Å²) < 4.78 is 10.5. The summed E-state index contributed by atoms with van der Waals surface area (Å²) in [4.78, 5) is 45.2. The van der Waals surface area contributed by atoms with Crippen molar-refractivity contribution in [3.05, 3.63) is 126 Å². The van der Waals surface area contributed by atoms with Crippen molar-refractivity contribution in [1.29, 1.82) is 0 Å². The Hall–Kier alpha value is -4.91. The summed E-state index contributed by atoms with van der Waals surface area (Å²) in [5, 5.41) is 0. The third-order valence-corrected chi connectivity index (χ3v) is 7.01. The molecule has 7 nitrogen and oxygen atoms in total. The van der Waals surface area contributed by atoms with Gasteiger partial charge in [0.15, 0.2) is 5.41 Å². The highest BCUT2D eigenvalue weighted by Gasteiger charge is 2.58. The van der Waals surface area contributed by atoms with Crippen LogP contribution in [0.4, 0.5) is 10.5 Å². The molecule has 0 N–H and O–H groups in total. The van der Waals surface area contributed by atoms with Crippen LogP contribution in [0.1, 0.15) is 16.7 Å². The highest BCUT2D eigenvalue weighted by molar-refractivity contribution is 6.32. The summed E-state index contributed by atoms with van der Waals surface area (Å²) in [7, 11) is 3.12.